The fourth-order valence-corrected chi connectivity index (χ4v) is 3.37. The topological polar surface area (TPSA) is 90.7 Å². The van der Waals surface area contributed by atoms with Crippen molar-refractivity contribution in [3.05, 3.63) is 54.1 Å². The fraction of sp³-hybridized carbons (Fsp3) is 0.364. The van der Waals surface area contributed by atoms with Crippen LogP contribution in [0.2, 0.25) is 0 Å². The van der Waals surface area contributed by atoms with Crippen molar-refractivity contribution in [2.24, 2.45) is 11.7 Å². The minimum atomic E-state index is -0.367. The predicted molar refractivity (Wildman–Crippen MR) is 107 cm³/mol. The molecular formula is C22H26N2O4. The molecule has 28 heavy (non-hydrogen) atoms. The summed E-state index contributed by atoms with van der Waals surface area (Å²) in [6, 6.07) is 16.2. The summed E-state index contributed by atoms with van der Waals surface area (Å²) in [5.41, 5.74) is 9.07. The third-order valence-electron chi connectivity index (χ3n) is 4.95. The number of amides is 1. The number of esters is 1. The van der Waals surface area contributed by atoms with Crippen LogP contribution in [0.1, 0.15) is 18.4 Å². The molecule has 0 aromatic heterocycles. The Morgan fingerprint density at radius 1 is 1.11 bits per heavy atom. The van der Waals surface area contributed by atoms with Crippen molar-refractivity contribution >= 4 is 11.9 Å². The smallest absolute Gasteiger partial charge is 0.306 e. The summed E-state index contributed by atoms with van der Waals surface area (Å²) in [5.74, 6) is -0.0827. The standard InChI is InChI=1S/C22H26N2O4/c1-27-21(25)13-18-12-19(24-22(18)26)14-28-20-8-6-17(7-9-20)16-4-2-15(3-5-16)10-11-23/h2-9,18-19H,10-14,23H2,1H3,(H,24,26)/t18-,19-/m0/s1. The van der Waals surface area contributed by atoms with Gasteiger partial charge in [-0.25, -0.2) is 0 Å². The van der Waals surface area contributed by atoms with E-state index in [0.717, 1.165) is 23.3 Å². The van der Waals surface area contributed by atoms with Crippen LogP contribution in [0.25, 0.3) is 11.1 Å². The summed E-state index contributed by atoms with van der Waals surface area (Å²) in [7, 11) is 1.33. The first-order valence-electron chi connectivity index (χ1n) is 9.48. The molecule has 1 aliphatic heterocycles. The molecule has 6 nitrogen and oxygen atoms in total. The molecule has 3 rings (SSSR count). The molecule has 0 aliphatic carbocycles. The first-order valence-corrected chi connectivity index (χ1v) is 9.48. The van der Waals surface area contributed by atoms with Crippen LogP contribution in [-0.2, 0) is 20.7 Å². The van der Waals surface area contributed by atoms with E-state index < -0.39 is 0 Å². The van der Waals surface area contributed by atoms with Gasteiger partial charge in [0.25, 0.3) is 0 Å². The number of hydrogen-bond donors (Lipinski definition) is 2. The zero-order valence-electron chi connectivity index (χ0n) is 16.0. The summed E-state index contributed by atoms with van der Waals surface area (Å²) in [6.45, 7) is 1.02. The van der Waals surface area contributed by atoms with Gasteiger partial charge in [-0.15, -0.1) is 0 Å². The van der Waals surface area contributed by atoms with Crippen molar-refractivity contribution in [3.63, 3.8) is 0 Å². The van der Waals surface area contributed by atoms with Gasteiger partial charge in [0.2, 0.25) is 5.91 Å². The Balaban J connectivity index is 1.52. The summed E-state index contributed by atoms with van der Waals surface area (Å²) in [5, 5.41) is 2.88. The van der Waals surface area contributed by atoms with Crippen LogP contribution in [0.5, 0.6) is 5.75 Å². The average molecular weight is 382 g/mol. The van der Waals surface area contributed by atoms with Crippen LogP contribution >= 0.6 is 0 Å². The lowest BCUT2D eigenvalue weighted by atomic mass is 10.0. The molecule has 0 unspecified atom stereocenters. The molecule has 0 bridgehead atoms. The van der Waals surface area contributed by atoms with E-state index in [1.165, 1.54) is 12.7 Å². The van der Waals surface area contributed by atoms with Crippen molar-refractivity contribution in [2.45, 2.75) is 25.3 Å². The molecular weight excluding hydrogens is 356 g/mol. The van der Waals surface area contributed by atoms with Crippen molar-refractivity contribution in [3.8, 4) is 16.9 Å². The highest BCUT2D eigenvalue weighted by Crippen LogP contribution is 2.24. The van der Waals surface area contributed by atoms with Crippen molar-refractivity contribution in [1.29, 1.82) is 0 Å². The Labute approximate surface area is 165 Å². The second kappa shape index (κ2) is 9.37. The summed E-state index contributed by atoms with van der Waals surface area (Å²) in [4.78, 5) is 23.3. The van der Waals surface area contributed by atoms with Crippen LogP contribution in [0.4, 0.5) is 0 Å². The van der Waals surface area contributed by atoms with Gasteiger partial charge in [-0.2, -0.15) is 0 Å². The Bertz CT molecular complexity index is 802. The van der Waals surface area contributed by atoms with Crippen LogP contribution in [0, 0.1) is 5.92 Å². The molecule has 1 aliphatic rings. The van der Waals surface area contributed by atoms with Crippen LogP contribution in [0.3, 0.4) is 0 Å². The number of hydrogen-bond acceptors (Lipinski definition) is 5. The van der Waals surface area contributed by atoms with Crippen molar-refractivity contribution in [2.75, 3.05) is 20.3 Å². The molecule has 148 valence electrons. The van der Waals surface area contributed by atoms with Gasteiger partial charge in [-0.3, -0.25) is 9.59 Å². The first-order chi connectivity index (χ1) is 13.6. The monoisotopic (exact) mass is 382 g/mol. The fourth-order valence-electron chi connectivity index (χ4n) is 3.37. The van der Waals surface area contributed by atoms with Crippen LogP contribution in [0.15, 0.2) is 48.5 Å². The molecule has 0 saturated carbocycles. The maximum Gasteiger partial charge on any atom is 0.306 e. The highest BCUT2D eigenvalue weighted by molar-refractivity contribution is 5.85. The molecule has 0 radical (unpaired) electrons. The lowest BCUT2D eigenvalue weighted by molar-refractivity contribution is -0.143. The van der Waals surface area contributed by atoms with Gasteiger partial charge in [0, 0.05) is 0 Å². The Morgan fingerprint density at radius 2 is 1.75 bits per heavy atom. The van der Waals surface area contributed by atoms with E-state index >= 15 is 0 Å². The molecule has 1 heterocycles. The average Bonchev–Trinajstić information content (AvgIpc) is 3.07. The number of methoxy groups -OCH3 is 1. The number of carbonyl (C=O) groups excluding carboxylic acids is 2. The number of nitrogens with two attached hydrogens (primary N) is 1. The van der Waals surface area contributed by atoms with E-state index in [4.69, 9.17) is 10.5 Å². The highest BCUT2D eigenvalue weighted by Gasteiger charge is 2.34. The number of rotatable bonds is 8. The largest absolute Gasteiger partial charge is 0.491 e. The van der Waals surface area contributed by atoms with Gasteiger partial charge in [-0.05, 0) is 48.2 Å². The molecule has 2 atom stereocenters. The molecule has 1 amide bonds. The molecule has 1 saturated heterocycles. The first kappa shape index (κ1) is 19.9. The molecule has 3 N–H and O–H groups in total. The predicted octanol–water partition coefficient (Wildman–Crippen LogP) is 2.30. The minimum Gasteiger partial charge on any atom is -0.491 e. The summed E-state index contributed by atoms with van der Waals surface area (Å²) >= 11 is 0. The van der Waals surface area contributed by atoms with Gasteiger partial charge in [-0.1, -0.05) is 36.4 Å². The van der Waals surface area contributed by atoms with E-state index in [2.05, 4.69) is 34.3 Å². The quantitative estimate of drug-likeness (QED) is 0.684. The Hall–Kier alpha value is -2.86. The summed E-state index contributed by atoms with van der Waals surface area (Å²) < 4.78 is 10.5. The third-order valence-corrected chi connectivity index (χ3v) is 4.95. The highest BCUT2D eigenvalue weighted by atomic mass is 16.5. The number of carbonyl (C=O) groups is 2. The molecule has 2 aromatic carbocycles. The lowest BCUT2D eigenvalue weighted by Gasteiger charge is -2.12. The minimum absolute atomic E-state index is 0.100. The maximum atomic E-state index is 11.9. The second-order valence-corrected chi connectivity index (χ2v) is 6.99. The van der Waals surface area contributed by atoms with Crippen molar-refractivity contribution in [1.82, 2.24) is 5.32 Å². The molecule has 1 fully saturated rings. The van der Waals surface area contributed by atoms with Crippen molar-refractivity contribution < 1.29 is 19.1 Å². The zero-order valence-corrected chi connectivity index (χ0v) is 16.0. The van der Waals surface area contributed by atoms with E-state index in [1.807, 2.05) is 24.3 Å². The Kier molecular flexibility index (Phi) is 6.66. The van der Waals surface area contributed by atoms with Crippen LogP contribution in [-0.4, -0.2) is 38.2 Å². The normalized spacial score (nSPS) is 18.6. The Morgan fingerprint density at radius 3 is 2.36 bits per heavy atom. The van der Waals surface area contributed by atoms with E-state index in [9.17, 15) is 9.59 Å². The van der Waals surface area contributed by atoms with E-state index in [0.29, 0.717) is 19.6 Å². The van der Waals surface area contributed by atoms with Gasteiger partial charge in [0.05, 0.1) is 25.5 Å². The molecule has 2 aromatic rings. The van der Waals surface area contributed by atoms with E-state index in [1.54, 1.807) is 0 Å². The van der Waals surface area contributed by atoms with Gasteiger partial charge in [0.1, 0.15) is 12.4 Å². The molecule has 0 spiro atoms. The van der Waals surface area contributed by atoms with Gasteiger partial charge < -0.3 is 20.5 Å². The summed E-state index contributed by atoms with van der Waals surface area (Å²) in [6.07, 6.45) is 1.56. The van der Waals surface area contributed by atoms with Gasteiger partial charge in [0.15, 0.2) is 0 Å². The number of ether oxygens (including phenoxy) is 2. The lowest BCUT2D eigenvalue weighted by Crippen LogP contribution is -2.31. The number of benzene rings is 2. The van der Waals surface area contributed by atoms with Gasteiger partial charge >= 0.3 is 5.97 Å². The van der Waals surface area contributed by atoms with Crippen LogP contribution < -0.4 is 15.8 Å². The molecule has 6 heteroatoms. The third kappa shape index (κ3) is 5.10. The van der Waals surface area contributed by atoms with E-state index in [-0.39, 0.29) is 30.3 Å². The SMILES string of the molecule is COC(=O)C[C@@H]1C[C@@H](COc2ccc(-c3ccc(CCN)cc3)cc2)NC1=O. The number of nitrogens with one attached hydrogen (secondary N) is 1. The zero-order chi connectivity index (χ0) is 19.9. The second-order valence-electron chi connectivity index (χ2n) is 6.99. The maximum absolute atomic E-state index is 11.9.